The van der Waals surface area contributed by atoms with Gasteiger partial charge in [0.05, 0.1) is 0 Å². The third kappa shape index (κ3) is 0.893. The van der Waals surface area contributed by atoms with Gasteiger partial charge in [-0.15, -0.1) is 0 Å². The molecule has 0 atom stereocenters. The van der Waals surface area contributed by atoms with Gasteiger partial charge in [-0.1, -0.05) is 0 Å². The Labute approximate surface area is 80.6 Å². The van der Waals surface area contributed by atoms with Gasteiger partial charge in [-0.05, 0) is 24.3 Å². The molecule has 2 aromatic heterocycles. The summed E-state index contributed by atoms with van der Waals surface area (Å²) in [4.78, 5) is 6.35. The van der Waals surface area contributed by atoms with E-state index < -0.39 is 0 Å². The second-order valence-electron chi connectivity index (χ2n) is 3.38. The largest absolute Gasteiger partial charge is 0.361 e. The van der Waals surface area contributed by atoms with E-state index in [0.717, 1.165) is 11.0 Å². The minimum Gasteiger partial charge on any atom is -0.361 e. The second kappa shape index (κ2) is 2.48. The highest BCUT2D eigenvalue weighted by molar-refractivity contribution is 6.02. The number of rotatable bonds is 0. The highest BCUT2D eigenvalue weighted by atomic mass is 14.8. The van der Waals surface area contributed by atoms with Gasteiger partial charge in [-0.25, -0.2) is 4.98 Å². The lowest BCUT2D eigenvalue weighted by Crippen LogP contribution is -2.10. The Morgan fingerprint density at radius 1 is 1.07 bits per heavy atom. The standard InChI is InChI=1S/C11H9N3/c12-10-4-2-7-1-3-9-8(5-6-13-9)11(7)14-10/h1-6,13H,(H2,12,14)/p+1. The number of hydrogen-bond acceptors (Lipinski definition) is 1. The molecular formula is C11H10N3+. The minimum atomic E-state index is 0.686. The fourth-order valence-corrected chi connectivity index (χ4v) is 1.79. The Morgan fingerprint density at radius 3 is 2.86 bits per heavy atom. The van der Waals surface area contributed by atoms with Gasteiger partial charge in [-0.2, -0.15) is 0 Å². The molecule has 1 aromatic carbocycles. The van der Waals surface area contributed by atoms with Crippen LogP contribution in [0.3, 0.4) is 0 Å². The van der Waals surface area contributed by atoms with Gasteiger partial charge in [0.1, 0.15) is 5.52 Å². The van der Waals surface area contributed by atoms with Gasteiger partial charge in [0.15, 0.2) is 0 Å². The maximum absolute atomic E-state index is 5.72. The molecular weight excluding hydrogens is 174 g/mol. The Kier molecular flexibility index (Phi) is 1.31. The van der Waals surface area contributed by atoms with Crippen LogP contribution < -0.4 is 10.7 Å². The Hall–Kier alpha value is -2.03. The molecule has 0 spiro atoms. The molecule has 14 heavy (non-hydrogen) atoms. The van der Waals surface area contributed by atoms with Gasteiger partial charge in [-0.3, -0.25) is 5.73 Å². The van der Waals surface area contributed by atoms with Crippen LogP contribution in [0.2, 0.25) is 0 Å². The minimum absolute atomic E-state index is 0.686. The molecule has 0 amide bonds. The van der Waals surface area contributed by atoms with Crippen molar-refractivity contribution in [3.63, 3.8) is 0 Å². The first-order valence-corrected chi connectivity index (χ1v) is 4.52. The van der Waals surface area contributed by atoms with Gasteiger partial charge in [0.25, 0.3) is 5.82 Å². The van der Waals surface area contributed by atoms with E-state index >= 15 is 0 Å². The van der Waals surface area contributed by atoms with Crippen molar-refractivity contribution in [1.29, 1.82) is 0 Å². The first-order valence-electron chi connectivity index (χ1n) is 4.52. The zero-order valence-corrected chi connectivity index (χ0v) is 7.54. The number of nitrogens with one attached hydrogen (secondary N) is 2. The van der Waals surface area contributed by atoms with Crippen LogP contribution in [0.4, 0.5) is 5.82 Å². The molecule has 0 saturated carbocycles. The summed E-state index contributed by atoms with van der Waals surface area (Å²) in [6.07, 6.45) is 1.93. The number of pyridine rings is 1. The lowest BCUT2D eigenvalue weighted by Gasteiger charge is -1.96. The van der Waals surface area contributed by atoms with Gasteiger partial charge >= 0.3 is 0 Å². The Balaban J connectivity index is 2.60. The second-order valence-corrected chi connectivity index (χ2v) is 3.38. The quantitative estimate of drug-likeness (QED) is 0.549. The number of aromatic amines is 2. The number of nitrogen functional groups attached to an aromatic ring is 1. The molecule has 4 N–H and O–H groups in total. The first-order chi connectivity index (χ1) is 6.84. The fraction of sp³-hybridized carbons (Fsp3) is 0. The van der Waals surface area contributed by atoms with Gasteiger partial charge in [0.2, 0.25) is 0 Å². The molecule has 3 heteroatoms. The predicted octanol–water partition coefficient (Wildman–Crippen LogP) is 1.72. The van der Waals surface area contributed by atoms with E-state index in [1.165, 1.54) is 10.8 Å². The number of fused-ring (bicyclic) bond motifs is 3. The van der Waals surface area contributed by atoms with Crippen LogP contribution in [0.1, 0.15) is 0 Å². The van der Waals surface area contributed by atoms with Gasteiger partial charge in [0, 0.05) is 28.6 Å². The van der Waals surface area contributed by atoms with Crippen LogP contribution in [-0.4, -0.2) is 4.98 Å². The number of hydrogen-bond donors (Lipinski definition) is 2. The SMILES string of the molecule is Nc1ccc2ccc3[nH]ccc3c2[nH+]1. The van der Waals surface area contributed by atoms with Crippen LogP contribution in [0.5, 0.6) is 0 Å². The molecule has 0 aliphatic rings. The van der Waals surface area contributed by atoms with Crippen molar-refractivity contribution < 1.29 is 4.98 Å². The van der Waals surface area contributed by atoms with Crippen LogP contribution in [0.15, 0.2) is 36.5 Å². The van der Waals surface area contributed by atoms with Crippen molar-refractivity contribution in [3.8, 4) is 0 Å². The van der Waals surface area contributed by atoms with Crippen molar-refractivity contribution in [2.24, 2.45) is 0 Å². The highest BCUT2D eigenvalue weighted by Crippen LogP contribution is 2.20. The Morgan fingerprint density at radius 2 is 1.93 bits per heavy atom. The summed E-state index contributed by atoms with van der Waals surface area (Å²) in [6.45, 7) is 0. The smallest absolute Gasteiger partial charge is 0.270 e. The third-order valence-corrected chi connectivity index (χ3v) is 2.48. The molecule has 3 aromatic rings. The van der Waals surface area contributed by atoms with Crippen molar-refractivity contribution in [2.45, 2.75) is 0 Å². The molecule has 0 fully saturated rings. The number of nitrogens with two attached hydrogens (primary N) is 1. The summed E-state index contributed by atoms with van der Waals surface area (Å²) in [5.41, 5.74) is 7.93. The van der Waals surface area contributed by atoms with E-state index in [4.69, 9.17) is 5.73 Å². The summed E-state index contributed by atoms with van der Waals surface area (Å²) in [5, 5.41) is 2.35. The number of anilines is 1. The third-order valence-electron chi connectivity index (χ3n) is 2.48. The summed E-state index contributed by atoms with van der Waals surface area (Å²) in [6, 6.07) is 10.1. The summed E-state index contributed by atoms with van der Waals surface area (Å²) in [5.74, 6) is 0.686. The molecule has 3 nitrogen and oxygen atoms in total. The summed E-state index contributed by atoms with van der Waals surface area (Å²) in [7, 11) is 0. The van der Waals surface area contributed by atoms with E-state index in [9.17, 15) is 0 Å². The van der Waals surface area contributed by atoms with Crippen LogP contribution in [0, 0.1) is 0 Å². The number of aromatic nitrogens is 2. The number of benzene rings is 1. The molecule has 3 rings (SSSR count). The first kappa shape index (κ1) is 7.38. The maximum atomic E-state index is 5.72. The van der Waals surface area contributed by atoms with E-state index in [2.05, 4.69) is 22.1 Å². The van der Waals surface area contributed by atoms with E-state index in [1.54, 1.807) is 0 Å². The molecule has 0 radical (unpaired) electrons. The maximum Gasteiger partial charge on any atom is 0.270 e. The summed E-state index contributed by atoms with van der Waals surface area (Å²) < 4.78 is 0. The zero-order chi connectivity index (χ0) is 9.54. The average molecular weight is 184 g/mol. The van der Waals surface area contributed by atoms with E-state index in [-0.39, 0.29) is 0 Å². The summed E-state index contributed by atoms with van der Waals surface area (Å²) >= 11 is 0. The monoisotopic (exact) mass is 184 g/mol. The molecule has 0 bridgehead atoms. The van der Waals surface area contributed by atoms with Crippen LogP contribution in [-0.2, 0) is 0 Å². The van der Waals surface area contributed by atoms with Crippen LogP contribution >= 0.6 is 0 Å². The normalized spacial score (nSPS) is 11.1. The molecule has 0 aliphatic carbocycles. The molecule has 68 valence electrons. The van der Waals surface area contributed by atoms with Crippen LogP contribution in [0.25, 0.3) is 21.8 Å². The lowest BCUT2D eigenvalue weighted by molar-refractivity contribution is -0.325. The molecule has 0 saturated heterocycles. The zero-order valence-electron chi connectivity index (χ0n) is 7.54. The lowest BCUT2D eigenvalue weighted by atomic mass is 10.1. The number of H-pyrrole nitrogens is 2. The van der Waals surface area contributed by atoms with Crippen molar-refractivity contribution in [2.75, 3.05) is 5.73 Å². The van der Waals surface area contributed by atoms with E-state index in [1.807, 2.05) is 24.4 Å². The fourth-order valence-electron chi connectivity index (χ4n) is 1.79. The van der Waals surface area contributed by atoms with E-state index in [0.29, 0.717) is 5.82 Å². The van der Waals surface area contributed by atoms with Crippen molar-refractivity contribution >= 4 is 27.6 Å². The van der Waals surface area contributed by atoms with Crippen molar-refractivity contribution in [1.82, 2.24) is 4.98 Å². The topological polar surface area (TPSA) is 56.0 Å². The Bertz CT molecular complexity index is 610. The highest BCUT2D eigenvalue weighted by Gasteiger charge is 2.04. The molecule has 0 unspecified atom stereocenters. The van der Waals surface area contributed by atoms with Crippen molar-refractivity contribution in [3.05, 3.63) is 36.5 Å². The molecule has 2 heterocycles. The average Bonchev–Trinajstić information content (AvgIpc) is 2.65. The predicted molar refractivity (Wildman–Crippen MR) is 56.8 cm³/mol. The molecule has 0 aliphatic heterocycles. The van der Waals surface area contributed by atoms with Gasteiger partial charge < -0.3 is 4.98 Å².